The first-order chi connectivity index (χ1) is 44.9. The van der Waals surface area contributed by atoms with Crippen molar-refractivity contribution in [1.29, 1.82) is 0 Å². The van der Waals surface area contributed by atoms with Crippen molar-refractivity contribution in [2.24, 2.45) is 41.4 Å². The van der Waals surface area contributed by atoms with Crippen molar-refractivity contribution >= 4 is 5.97 Å². The lowest BCUT2D eigenvalue weighted by Crippen LogP contribution is -2.64. The summed E-state index contributed by atoms with van der Waals surface area (Å²) in [5, 5.41) is 191. The van der Waals surface area contributed by atoms with Crippen LogP contribution in [0.1, 0.15) is 211 Å². The van der Waals surface area contributed by atoms with Gasteiger partial charge >= 0.3 is 5.97 Å². The average molecular weight is 1380 g/mol. The highest BCUT2D eigenvalue weighted by Crippen LogP contribution is 2.42. The van der Waals surface area contributed by atoms with E-state index >= 15 is 0 Å². The van der Waals surface area contributed by atoms with E-state index in [-0.39, 0.29) is 89.4 Å². The van der Waals surface area contributed by atoms with Gasteiger partial charge in [0, 0.05) is 48.9 Å². The Kier molecular flexibility index (Phi) is 39.8. The summed E-state index contributed by atoms with van der Waals surface area (Å²) >= 11 is 0. The van der Waals surface area contributed by atoms with E-state index in [0.717, 1.165) is 19.3 Å². The summed E-state index contributed by atoms with van der Waals surface area (Å²) in [6.07, 6.45) is -7.61. The second-order valence-corrected chi connectivity index (χ2v) is 29.7. The Morgan fingerprint density at radius 1 is 0.625 bits per heavy atom. The predicted octanol–water partition coefficient (Wildman–Crippen LogP) is 4.50. The molecule has 6 unspecified atom stereocenters. The summed E-state index contributed by atoms with van der Waals surface area (Å²) in [5.74, 6) is -6.45. The minimum absolute atomic E-state index is 0.00878. The normalized spacial score (nSPS) is 44.7. The summed E-state index contributed by atoms with van der Waals surface area (Å²) in [6.45, 7) is 19.4. The number of fused-ring (bicyclic) bond motifs is 2. The van der Waals surface area contributed by atoms with E-state index in [4.69, 9.17) is 18.9 Å². The second-order valence-electron chi connectivity index (χ2n) is 29.7. The van der Waals surface area contributed by atoms with Gasteiger partial charge in [0.25, 0.3) is 0 Å². The summed E-state index contributed by atoms with van der Waals surface area (Å²) in [7, 11) is 3.40. The molecule has 3 aliphatic rings. The largest absolute Gasteiger partial charge is 0.458 e. The Bertz CT molecular complexity index is 2280. The van der Waals surface area contributed by atoms with Gasteiger partial charge in [0.05, 0.1) is 122 Å². The molecule has 30 atom stereocenters. The van der Waals surface area contributed by atoms with Crippen molar-refractivity contribution in [2.45, 2.75) is 351 Å². The molecule has 0 spiro atoms. The van der Waals surface area contributed by atoms with Gasteiger partial charge in [-0.15, -0.1) is 0 Å². The Balaban J connectivity index is 1.86. The quantitative estimate of drug-likeness (QED) is 0.117. The van der Waals surface area contributed by atoms with Gasteiger partial charge in [0.1, 0.15) is 12.2 Å². The Morgan fingerprint density at radius 2 is 1.21 bits per heavy atom. The van der Waals surface area contributed by atoms with Crippen LogP contribution >= 0.6 is 0 Å². The van der Waals surface area contributed by atoms with Crippen LogP contribution < -0.4 is 0 Å². The van der Waals surface area contributed by atoms with Crippen molar-refractivity contribution in [3.05, 3.63) is 47.6 Å². The zero-order chi connectivity index (χ0) is 72.5. The number of hydrogen-bond acceptors (Lipinski definition) is 23. The lowest BCUT2D eigenvalue weighted by Gasteiger charge is -2.50. The highest BCUT2D eigenvalue weighted by Gasteiger charge is 2.53. The van der Waals surface area contributed by atoms with Gasteiger partial charge in [0.15, 0.2) is 12.1 Å². The van der Waals surface area contributed by atoms with E-state index in [1.807, 2.05) is 0 Å². The number of allylic oxidation sites excluding steroid dienone is 2. The molecule has 0 aromatic carbocycles. The highest BCUT2D eigenvalue weighted by atomic mass is 16.7. The number of hydrogen-bond donors (Lipinski definition) is 17. The molecule has 3 rings (SSSR count). The van der Waals surface area contributed by atoms with E-state index in [0.29, 0.717) is 42.7 Å². The number of carbonyl (C=O) groups excluding carboxylic acids is 1. The van der Waals surface area contributed by atoms with Gasteiger partial charge in [-0.25, -0.2) is 0 Å². The summed E-state index contributed by atoms with van der Waals surface area (Å²) in [5.41, 5.74) is 0.999. The molecule has 562 valence electrons. The zero-order valence-electron chi connectivity index (χ0n) is 60.1. The predicted molar refractivity (Wildman–Crippen MR) is 365 cm³/mol. The Labute approximate surface area is 573 Å². The van der Waals surface area contributed by atoms with Crippen LogP contribution in [0, 0.1) is 41.4 Å². The van der Waals surface area contributed by atoms with Gasteiger partial charge in [-0.3, -0.25) is 4.79 Å². The first-order valence-electron chi connectivity index (χ1n) is 36.1. The average Bonchev–Trinajstić information content (AvgIpc) is 0.771. The third-order valence-electron chi connectivity index (χ3n) is 21.3. The lowest BCUT2D eigenvalue weighted by molar-refractivity contribution is -0.351. The number of aliphatic hydroxyl groups is 17. The minimum Gasteiger partial charge on any atom is -0.458 e. The van der Waals surface area contributed by atoms with Gasteiger partial charge in [-0.05, 0) is 161 Å². The number of aliphatic hydroxyl groups excluding tert-OH is 16. The van der Waals surface area contributed by atoms with E-state index in [1.165, 1.54) is 12.2 Å². The molecule has 23 heteroatoms. The van der Waals surface area contributed by atoms with Crippen molar-refractivity contribution in [3.63, 3.8) is 0 Å². The molecule has 3 aliphatic heterocycles. The van der Waals surface area contributed by atoms with Gasteiger partial charge in [-0.1, -0.05) is 98.1 Å². The third-order valence-corrected chi connectivity index (χ3v) is 21.3. The summed E-state index contributed by atoms with van der Waals surface area (Å²) in [4.78, 5) is 15.4. The van der Waals surface area contributed by atoms with Crippen LogP contribution in [0.3, 0.4) is 0 Å². The SMILES string of the molecule is CCC(C)CCCC1/C=C(\C)[C@@H](O)C[C@H](O)CCC[C@H](O)[C@@H](C)[C@H](O)C/C=C/C=C(\C)[C@@H](O)[C@H](C)[C@@H]2C[C@H](OC3O[C@H](C)[C@@H](O)[C@H](N(C)C)[C@H]3O)[C@@H](C)C(O)(CC(=O)OC(C)/C=C/[C@@H](O)C[C@@H](O)CCC[C@H](O)[C@@H](C)[C@H](O)CC[C@H](C)[C@H](O)C[C@@H](O)C[C@H](O)CCC(O)[C@@H]1O)O2. The van der Waals surface area contributed by atoms with Gasteiger partial charge in [-0.2, -0.15) is 0 Å². The molecule has 17 N–H and O–H groups in total. The molecule has 0 aromatic heterocycles. The number of likely N-dealkylation sites (N-methyl/N-ethyl adjacent to an activating group) is 1. The fraction of sp³-hybridized carbons (Fsp3) is 0.877. The maximum atomic E-state index is 13.7. The molecule has 0 saturated carbocycles. The molecule has 0 aromatic rings. The Hall–Kier alpha value is -2.41. The number of esters is 1. The number of carbonyl (C=O) groups is 1. The summed E-state index contributed by atoms with van der Waals surface area (Å²) < 4.78 is 24.5. The van der Waals surface area contributed by atoms with Gasteiger partial charge in [0.2, 0.25) is 0 Å². The molecule has 0 aliphatic carbocycles. The standard InChI is InChI=1S/C73H133NO22/c1-14-41(2)20-17-22-51-34-44(5)63(86)37-53(76)24-19-27-58(81)46(7)57(80)25-16-15-21-43(4)68(88)48(9)64-39-65(95-72-71(91)67(74(12)13)69(89)50(11)94-72)49(10)73(92,96-64)40-66(87)93-45(6)29-30-54(77)35-52(75)23-18-26-59(82)47(8)60(83)32-28-42(3)62(85)38-56(79)36-55(78)31-33-61(84)70(51)90/h15-16,21,29-30,34,41-42,45-65,67-72,75-86,88-92H,14,17-20,22-28,31-33,35-40H2,1-13H3/b16-15+,30-29+,43-21+,44-34+/t41?,42-,45?,46-,47+,48+,49+,50+,51?,52-,53+,54+,55+,56-,57+,58-,59-,60+,61?,62+,63-,64-,65-,67-,68+,69+,70+,71+,72?,73?/m0/s1. The molecule has 0 radical (unpaired) electrons. The van der Waals surface area contributed by atoms with Crippen LogP contribution in [0.15, 0.2) is 47.6 Å². The smallest absolute Gasteiger partial charge is 0.311 e. The zero-order valence-corrected chi connectivity index (χ0v) is 60.1. The topological polar surface area (TPSA) is 401 Å². The van der Waals surface area contributed by atoms with Crippen LogP contribution in [-0.4, -0.2) is 252 Å². The van der Waals surface area contributed by atoms with Crippen LogP contribution in [0.25, 0.3) is 0 Å². The maximum Gasteiger partial charge on any atom is 0.311 e. The monoisotopic (exact) mass is 1380 g/mol. The summed E-state index contributed by atoms with van der Waals surface area (Å²) in [6, 6.07) is -0.781. The number of ether oxygens (including phenoxy) is 4. The van der Waals surface area contributed by atoms with Gasteiger partial charge < -0.3 is 111 Å². The molecular formula is C73H133NO22. The van der Waals surface area contributed by atoms with Crippen LogP contribution in [0.5, 0.6) is 0 Å². The first kappa shape index (κ1) is 87.8. The first-order valence-corrected chi connectivity index (χ1v) is 36.1. The molecule has 0 amide bonds. The van der Waals surface area contributed by atoms with E-state index in [1.54, 1.807) is 106 Å². The van der Waals surface area contributed by atoms with Crippen LogP contribution in [0.4, 0.5) is 0 Å². The molecule has 3 heterocycles. The molecule has 23 nitrogen and oxygen atoms in total. The molecule has 96 heavy (non-hydrogen) atoms. The molecule has 2 fully saturated rings. The van der Waals surface area contributed by atoms with Crippen molar-refractivity contribution < 1.29 is 111 Å². The van der Waals surface area contributed by atoms with E-state index in [2.05, 4.69) is 13.8 Å². The van der Waals surface area contributed by atoms with Crippen molar-refractivity contribution in [2.75, 3.05) is 14.1 Å². The molecule has 2 bridgehead atoms. The fourth-order valence-corrected chi connectivity index (χ4v) is 13.6. The number of rotatable bonds is 8. The maximum absolute atomic E-state index is 13.7. The van der Waals surface area contributed by atoms with E-state index in [9.17, 15) is 91.6 Å². The Morgan fingerprint density at radius 3 is 1.82 bits per heavy atom. The fourth-order valence-electron chi connectivity index (χ4n) is 13.6. The van der Waals surface area contributed by atoms with Crippen molar-refractivity contribution in [1.82, 2.24) is 4.90 Å². The van der Waals surface area contributed by atoms with Crippen molar-refractivity contribution in [3.8, 4) is 0 Å². The number of cyclic esters (lactones) is 1. The third kappa shape index (κ3) is 29.5. The van der Waals surface area contributed by atoms with Crippen LogP contribution in [-0.2, 0) is 23.7 Å². The van der Waals surface area contributed by atoms with Crippen LogP contribution in [0.2, 0.25) is 0 Å². The lowest BCUT2D eigenvalue weighted by atomic mass is 9.80. The van der Waals surface area contributed by atoms with E-state index < -0.39 is 182 Å². The molecule has 2 saturated heterocycles. The minimum atomic E-state index is -2.26. The second kappa shape index (κ2) is 43.5. The number of nitrogens with zero attached hydrogens (tertiary/aromatic N) is 1. The highest BCUT2D eigenvalue weighted by molar-refractivity contribution is 5.71. The molecular weight excluding hydrogens is 1240 g/mol.